The van der Waals surface area contributed by atoms with Gasteiger partial charge in [0.05, 0.1) is 12.7 Å². The molecule has 2 unspecified atom stereocenters. The summed E-state index contributed by atoms with van der Waals surface area (Å²) in [5.74, 6) is -2.09. The molecule has 42 heavy (non-hydrogen) atoms. The Balaban J connectivity index is 1.30. The Morgan fingerprint density at radius 2 is 1.31 bits per heavy atom. The van der Waals surface area contributed by atoms with Crippen LogP contribution in [0.3, 0.4) is 0 Å². The molecule has 0 fully saturated rings. The van der Waals surface area contributed by atoms with Gasteiger partial charge in [0.15, 0.2) is 6.04 Å². The second kappa shape index (κ2) is 13.1. The van der Waals surface area contributed by atoms with E-state index >= 15 is 0 Å². The van der Waals surface area contributed by atoms with Gasteiger partial charge in [-0.1, -0.05) is 109 Å². The number of carboxylic acid groups (broad SMARTS) is 1. The Morgan fingerprint density at radius 3 is 1.90 bits per heavy atom. The van der Waals surface area contributed by atoms with Gasteiger partial charge in [0.2, 0.25) is 5.91 Å². The van der Waals surface area contributed by atoms with Crippen LogP contribution in [-0.2, 0) is 25.7 Å². The summed E-state index contributed by atoms with van der Waals surface area (Å²) in [7, 11) is 0. The van der Waals surface area contributed by atoms with Crippen molar-refractivity contribution < 1.29 is 29.0 Å². The van der Waals surface area contributed by atoms with E-state index in [-0.39, 0.29) is 19.1 Å². The average molecular weight is 565 g/mol. The van der Waals surface area contributed by atoms with Crippen molar-refractivity contribution in [3.8, 4) is 11.1 Å². The molecule has 1 aliphatic rings. The molecule has 4 aromatic rings. The summed E-state index contributed by atoms with van der Waals surface area (Å²) in [5, 5.41) is 15.0. The number of fused-ring (bicyclic) bond motifs is 3. The quantitative estimate of drug-likeness (QED) is 0.224. The van der Waals surface area contributed by atoms with Crippen molar-refractivity contribution in [3.63, 3.8) is 0 Å². The summed E-state index contributed by atoms with van der Waals surface area (Å²) in [6.07, 6.45) is -1.62. The van der Waals surface area contributed by atoms with Gasteiger partial charge in [-0.15, -0.1) is 0 Å². The largest absolute Gasteiger partial charge is 0.479 e. The highest BCUT2D eigenvalue weighted by molar-refractivity contribution is 5.90. The first-order chi connectivity index (χ1) is 20.4. The first-order valence-corrected chi connectivity index (χ1v) is 13.8. The van der Waals surface area contributed by atoms with Crippen molar-refractivity contribution in [1.29, 1.82) is 0 Å². The monoisotopic (exact) mass is 564 g/mol. The minimum Gasteiger partial charge on any atom is -0.479 e. The number of hydrogen-bond donors (Lipinski definition) is 3. The van der Waals surface area contributed by atoms with E-state index in [1.54, 1.807) is 37.3 Å². The molecular formula is C34H32N2O6. The zero-order valence-corrected chi connectivity index (χ0v) is 23.1. The SMILES string of the molecule is CC(OCc1ccccc1)C(NC(=O)OCC1c2ccccc2-c2ccccc21)C(=O)N[C@@H](C(=O)O)c1ccccc1. The lowest BCUT2D eigenvalue weighted by Crippen LogP contribution is -2.54. The molecule has 0 heterocycles. The normalized spacial score (nSPS) is 14.1. The number of benzene rings is 4. The number of carbonyl (C=O) groups excluding carboxylic acids is 2. The van der Waals surface area contributed by atoms with Crippen molar-refractivity contribution in [2.75, 3.05) is 6.61 Å². The molecule has 2 amide bonds. The molecule has 0 radical (unpaired) electrons. The van der Waals surface area contributed by atoms with E-state index in [4.69, 9.17) is 9.47 Å². The van der Waals surface area contributed by atoms with Gasteiger partial charge in [-0.25, -0.2) is 9.59 Å². The maximum absolute atomic E-state index is 13.5. The van der Waals surface area contributed by atoms with Gasteiger partial charge >= 0.3 is 12.1 Å². The zero-order valence-electron chi connectivity index (χ0n) is 23.1. The van der Waals surface area contributed by atoms with E-state index in [0.717, 1.165) is 27.8 Å². The Kier molecular flexibility index (Phi) is 8.94. The molecular weight excluding hydrogens is 532 g/mol. The van der Waals surface area contributed by atoms with E-state index in [1.165, 1.54) is 0 Å². The van der Waals surface area contributed by atoms with Gasteiger partial charge in [0.1, 0.15) is 12.6 Å². The zero-order chi connectivity index (χ0) is 29.5. The third kappa shape index (κ3) is 6.50. The fourth-order valence-electron chi connectivity index (χ4n) is 5.23. The van der Waals surface area contributed by atoms with Gasteiger partial charge in [-0.05, 0) is 40.3 Å². The van der Waals surface area contributed by atoms with Crippen LogP contribution in [0.25, 0.3) is 11.1 Å². The molecule has 0 bridgehead atoms. The lowest BCUT2D eigenvalue weighted by atomic mass is 9.98. The topological polar surface area (TPSA) is 114 Å². The second-order valence-electron chi connectivity index (χ2n) is 10.1. The molecule has 1 aliphatic carbocycles. The van der Waals surface area contributed by atoms with Crippen LogP contribution in [-0.4, -0.2) is 41.8 Å². The lowest BCUT2D eigenvalue weighted by Gasteiger charge is -2.26. The van der Waals surface area contributed by atoms with Crippen LogP contribution >= 0.6 is 0 Å². The standard InChI is InChI=1S/C34H32N2O6/c1-22(41-20-23-12-4-2-5-13-23)30(32(37)35-31(33(38)39)24-14-6-3-7-15-24)36-34(40)42-21-29-27-18-10-8-16-25(27)26-17-9-11-19-28(26)29/h2-19,22,29-31H,20-21H2,1H3,(H,35,37)(H,36,40)(H,38,39)/t22?,30?,31-/m1/s1. The number of ether oxygens (including phenoxy) is 2. The van der Waals surface area contributed by atoms with Crippen molar-refractivity contribution in [1.82, 2.24) is 10.6 Å². The van der Waals surface area contributed by atoms with E-state index in [0.29, 0.717) is 5.56 Å². The number of hydrogen-bond acceptors (Lipinski definition) is 5. The highest BCUT2D eigenvalue weighted by Gasteiger charge is 2.33. The molecule has 5 rings (SSSR count). The molecule has 8 nitrogen and oxygen atoms in total. The number of nitrogens with one attached hydrogen (secondary N) is 2. The van der Waals surface area contributed by atoms with Crippen LogP contribution in [0.5, 0.6) is 0 Å². The number of carbonyl (C=O) groups is 3. The molecule has 3 N–H and O–H groups in total. The Bertz CT molecular complexity index is 1500. The van der Waals surface area contributed by atoms with E-state index < -0.39 is 36.2 Å². The maximum Gasteiger partial charge on any atom is 0.407 e. The smallest absolute Gasteiger partial charge is 0.407 e. The van der Waals surface area contributed by atoms with Crippen LogP contribution in [0.4, 0.5) is 4.79 Å². The second-order valence-corrected chi connectivity index (χ2v) is 10.1. The lowest BCUT2D eigenvalue weighted by molar-refractivity contribution is -0.143. The van der Waals surface area contributed by atoms with E-state index in [1.807, 2.05) is 78.9 Å². The first-order valence-electron chi connectivity index (χ1n) is 13.8. The van der Waals surface area contributed by atoms with Gasteiger partial charge in [0.25, 0.3) is 0 Å². The highest BCUT2D eigenvalue weighted by atomic mass is 16.5. The van der Waals surface area contributed by atoms with Crippen molar-refractivity contribution in [2.24, 2.45) is 0 Å². The Hall–Kier alpha value is -4.95. The van der Waals surface area contributed by atoms with Crippen LogP contribution in [0.2, 0.25) is 0 Å². The summed E-state index contributed by atoms with van der Waals surface area (Å²) in [6, 6.07) is 31.2. The molecule has 8 heteroatoms. The summed E-state index contributed by atoms with van der Waals surface area (Å²) in [6.45, 7) is 1.91. The van der Waals surface area contributed by atoms with Gasteiger partial charge < -0.3 is 25.2 Å². The minimum atomic E-state index is -1.31. The van der Waals surface area contributed by atoms with Crippen LogP contribution in [0.1, 0.15) is 41.1 Å². The predicted octanol–water partition coefficient (Wildman–Crippen LogP) is 5.44. The van der Waals surface area contributed by atoms with Crippen LogP contribution in [0.15, 0.2) is 109 Å². The van der Waals surface area contributed by atoms with Gasteiger partial charge in [0, 0.05) is 5.92 Å². The van der Waals surface area contributed by atoms with Crippen molar-refractivity contribution >= 4 is 18.0 Å². The molecule has 0 aromatic heterocycles. The number of amides is 2. The van der Waals surface area contributed by atoms with Crippen LogP contribution < -0.4 is 10.6 Å². The predicted molar refractivity (Wildman–Crippen MR) is 158 cm³/mol. The molecule has 3 atom stereocenters. The van der Waals surface area contributed by atoms with Crippen molar-refractivity contribution in [3.05, 3.63) is 131 Å². The fraction of sp³-hybridized carbons (Fsp3) is 0.206. The number of aliphatic carboxylic acids is 1. The summed E-state index contributed by atoms with van der Waals surface area (Å²) >= 11 is 0. The summed E-state index contributed by atoms with van der Waals surface area (Å²) in [5.41, 5.74) is 5.61. The third-order valence-corrected chi connectivity index (χ3v) is 7.39. The van der Waals surface area contributed by atoms with Gasteiger partial charge in [-0.3, -0.25) is 4.79 Å². The molecule has 214 valence electrons. The highest BCUT2D eigenvalue weighted by Crippen LogP contribution is 2.44. The molecule has 0 aliphatic heterocycles. The number of rotatable bonds is 11. The molecule has 4 aromatic carbocycles. The van der Waals surface area contributed by atoms with E-state index in [9.17, 15) is 19.5 Å². The molecule has 0 saturated carbocycles. The van der Waals surface area contributed by atoms with Gasteiger partial charge in [-0.2, -0.15) is 0 Å². The number of alkyl carbamates (subject to hydrolysis) is 1. The Morgan fingerprint density at radius 1 is 0.762 bits per heavy atom. The fourth-order valence-corrected chi connectivity index (χ4v) is 5.23. The van der Waals surface area contributed by atoms with E-state index in [2.05, 4.69) is 10.6 Å². The molecule has 0 spiro atoms. The first kappa shape index (κ1) is 28.6. The summed E-state index contributed by atoms with van der Waals surface area (Å²) < 4.78 is 11.6. The average Bonchev–Trinajstić information content (AvgIpc) is 3.34. The maximum atomic E-state index is 13.5. The van der Waals surface area contributed by atoms with Crippen LogP contribution in [0, 0.1) is 0 Å². The third-order valence-electron chi connectivity index (χ3n) is 7.39. The van der Waals surface area contributed by atoms with Crippen molar-refractivity contribution in [2.45, 2.75) is 37.6 Å². The number of carboxylic acids is 1. The molecule has 0 saturated heterocycles. The Labute approximate surface area is 244 Å². The minimum absolute atomic E-state index is 0.0647. The summed E-state index contributed by atoms with van der Waals surface area (Å²) in [4.78, 5) is 38.7.